The van der Waals surface area contributed by atoms with Crippen molar-refractivity contribution in [1.82, 2.24) is 4.98 Å². The van der Waals surface area contributed by atoms with Crippen LogP contribution < -0.4 is 15.4 Å². The third-order valence-corrected chi connectivity index (χ3v) is 4.10. The zero-order chi connectivity index (χ0) is 18.5. The molecule has 0 saturated carbocycles. The predicted molar refractivity (Wildman–Crippen MR) is 94.1 cm³/mol. The van der Waals surface area contributed by atoms with E-state index in [-0.39, 0.29) is 23.8 Å². The van der Waals surface area contributed by atoms with Gasteiger partial charge in [0, 0.05) is 17.1 Å². The molecule has 0 aliphatic carbocycles. The van der Waals surface area contributed by atoms with Gasteiger partial charge in [-0.15, -0.1) is 11.3 Å². The number of furan rings is 1. The van der Waals surface area contributed by atoms with Crippen molar-refractivity contribution in [1.29, 1.82) is 0 Å². The Labute approximate surface area is 151 Å². The highest BCUT2D eigenvalue weighted by molar-refractivity contribution is 7.14. The number of ether oxygens (including phenoxy) is 1. The lowest BCUT2D eigenvalue weighted by molar-refractivity contribution is -0.115. The van der Waals surface area contributed by atoms with Crippen LogP contribution in [0.5, 0.6) is 5.75 Å². The van der Waals surface area contributed by atoms with Gasteiger partial charge in [-0.05, 0) is 24.3 Å². The largest absolute Gasteiger partial charge is 0.494 e. The van der Waals surface area contributed by atoms with Crippen molar-refractivity contribution >= 4 is 34.0 Å². The second-order valence-electron chi connectivity index (χ2n) is 5.15. The number of carbonyl (C=O) groups is 2. The summed E-state index contributed by atoms with van der Waals surface area (Å²) in [6.45, 7) is 0. The van der Waals surface area contributed by atoms with E-state index in [9.17, 15) is 14.0 Å². The average molecular weight is 375 g/mol. The Morgan fingerprint density at radius 2 is 2.15 bits per heavy atom. The lowest BCUT2D eigenvalue weighted by Gasteiger charge is -2.06. The van der Waals surface area contributed by atoms with Gasteiger partial charge in [-0.1, -0.05) is 0 Å². The van der Waals surface area contributed by atoms with Gasteiger partial charge >= 0.3 is 0 Å². The molecule has 0 radical (unpaired) electrons. The van der Waals surface area contributed by atoms with Gasteiger partial charge in [0.2, 0.25) is 5.91 Å². The molecule has 0 atom stereocenters. The molecule has 0 aliphatic heterocycles. The summed E-state index contributed by atoms with van der Waals surface area (Å²) in [5.41, 5.74) is 0.797. The van der Waals surface area contributed by atoms with E-state index in [1.54, 1.807) is 11.4 Å². The van der Waals surface area contributed by atoms with E-state index < -0.39 is 11.7 Å². The minimum Gasteiger partial charge on any atom is -0.494 e. The predicted octanol–water partition coefficient (Wildman–Crippen LogP) is 3.32. The number of benzene rings is 1. The SMILES string of the molecule is COc1ccc(NC(=O)Cc2csc(NC(=O)c3ccco3)n2)cc1F. The molecule has 3 aromatic rings. The minimum atomic E-state index is -0.568. The normalized spacial score (nSPS) is 10.4. The van der Waals surface area contributed by atoms with Crippen LogP contribution in [0, 0.1) is 5.82 Å². The third kappa shape index (κ3) is 4.25. The zero-order valence-electron chi connectivity index (χ0n) is 13.6. The number of hydrogen-bond acceptors (Lipinski definition) is 6. The molecule has 3 rings (SSSR count). The summed E-state index contributed by atoms with van der Waals surface area (Å²) >= 11 is 1.19. The monoisotopic (exact) mass is 375 g/mol. The van der Waals surface area contributed by atoms with E-state index in [4.69, 9.17) is 9.15 Å². The third-order valence-electron chi connectivity index (χ3n) is 3.29. The molecule has 1 aromatic carbocycles. The summed E-state index contributed by atoms with van der Waals surface area (Å²) in [7, 11) is 1.36. The standard InChI is InChI=1S/C17H14FN3O4S/c1-24-13-5-4-10(7-12(13)18)19-15(22)8-11-9-26-17(20-11)21-16(23)14-3-2-6-25-14/h2-7,9H,8H2,1H3,(H,19,22)(H,20,21,23). The number of carbonyl (C=O) groups excluding carboxylic acids is 2. The molecular formula is C17H14FN3O4S. The lowest BCUT2D eigenvalue weighted by Crippen LogP contribution is -2.15. The number of methoxy groups -OCH3 is 1. The summed E-state index contributed by atoms with van der Waals surface area (Å²) in [6.07, 6.45) is 1.38. The van der Waals surface area contributed by atoms with Crippen molar-refractivity contribution in [3.8, 4) is 5.75 Å². The Hall–Kier alpha value is -3.20. The molecule has 7 nitrogen and oxygen atoms in total. The molecule has 2 aromatic heterocycles. The molecule has 134 valence electrons. The van der Waals surface area contributed by atoms with Gasteiger partial charge in [0.15, 0.2) is 22.5 Å². The first-order chi connectivity index (χ1) is 12.5. The van der Waals surface area contributed by atoms with Gasteiger partial charge < -0.3 is 14.5 Å². The number of anilines is 2. The second kappa shape index (κ2) is 7.79. The van der Waals surface area contributed by atoms with Crippen molar-refractivity contribution in [2.75, 3.05) is 17.7 Å². The molecule has 0 unspecified atom stereocenters. The fourth-order valence-electron chi connectivity index (χ4n) is 2.13. The highest BCUT2D eigenvalue weighted by Gasteiger charge is 2.13. The highest BCUT2D eigenvalue weighted by Crippen LogP contribution is 2.21. The smallest absolute Gasteiger partial charge is 0.293 e. The Kier molecular flexibility index (Phi) is 5.28. The summed E-state index contributed by atoms with van der Waals surface area (Å²) < 4.78 is 23.5. The maximum Gasteiger partial charge on any atom is 0.293 e. The Balaban J connectivity index is 1.57. The van der Waals surface area contributed by atoms with Crippen LogP contribution in [-0.2, 0) is 11.2 Å². The highest BCUT2D eigenvalue weighted by atomic mass is 32.1. The topological polar surface area (TPSA) is 93.5 Å². The molecule has 2 heterocycles. The second-order valence-corrected chi connectivity index (χ2v) is 6.01. The molecule has 9 heteroatoms. The van der Waals surface area contributed by atoms with Gasteiger partial charge in [-0.2, -0.15) is 0 Å². The van der Waals surface area contributed by atoms with Gasteiger partial charge in [0.25, 0.3) is 5.91 Å². The number of rotatable bonds is 6. The maximum absolute atomic E-state index is 13.6. The number of amides is 2. The van der Waals surface area contributed by atoms with Crippen molar-refractivity contribution in [2.24, 2.45) is 0 Å². The van der Waals surface area contributed by atoms with Gasteiger partial charge in [-0.25, -0.2) is 9.37 Å². The molecule has 2 N–H and O–H groups in total. The number of halogens is 1. The molecule has 0 saturated heterocycles. The summed E-state index contributed by atoms with van der Waals surface area (Å²) in [6, 6.07) is 7.28. The first-order valence-corrected chi connectivity index (χ1v) is 8.36. The number of nitrogens with zero attached hydrogens (tertiary/aromatic N) is 1. The van der Waals surface area contributed by atoms with E-state index in [1.165, 1.54) is 49.0 Å². The van der Waals surface area contributed by atoms with Crippen LogP contribution >= 0.6 is 11.3 Å². The van der Waals surface area contributed by atoms with Gasteiger partial charge in [0.1, 0.15) is 0 Å². The molecule has 0 aliphatic rings. The summed E-state index contributed by atoms with van der Waals surface area (Å²) in [5, 5.41) is 7.18. The Morgan fingerprint density at radius 1 is 1.31 bits per heavy atom. The lowest BCUT2D eigenvalue weighted by atomic mass is 10.2. The van der Waals surface area contributed by atoms with E-state index in [0.29, 0.717) is 16.5 Å². The van der Waals surface area contributed by atoms with Crippen LogP contribution in [0.4, 0.5) is 15.2 Å². The Morgan fingerprint density at radius 3 is 2.85 bits per heavy atom. The van der Waals surface area contributed by atoms with Crippen LogP contribution in [-0.4, -0.2) is 23.9 Å². The van der Waals surface area contributed by atoms with E-state index in [2.05, 4.69) is 15.6 Å². The number of hydrogen-bond donors (Lipinski definition) is 2. The number of aromatic nitrogens is 1. The van der Waals surface area contributed by atoms with E-state index in [0.717, 1.165) is 0 Å². The minimum absolute atomic E-state index is 0.0131. The molecular weight excluding hydrogens is 361 g/mol. The van der Waals surface area contributed by atoms with Crippen molar-refractivity contribution < 1.29 is 23.1 Å². The maximum atomic E-state index is 13.6. The zero-order valence-corrected chi connectivity index (χ0v) is 14.4. The molecule has 0 bridgehead atoms. The van der Waals surface area contributed by atoms with Crippen LogP contribution in [0.2, 0.25) is 0 Å². The fourth-order valence-corrected chi connectivity index (χ4v) is 2.83. The van der Waals surface area contributed by atoms with Crippen LogP contribution in [0.1, 0.15) is 16.2 Å². The first kappa shape index (κ1) is 17.6. The number of nitrogens with one attached hydrogen (secondary N) is 2. The number of thiazole rings is 1. The van der Waals surface area contributed by atoms with Crippen molar-refractivity contribution in [2.45, 2.75) is 6.42 Å². The van der Waals surface area contributed by atoms with Gasteiger partial charge in [0.05, 0.1) is 25.5 Å². The fraction of sp³-hybridized carbons (Fsp3) is 0.118. The molecule has 0 spiro atoms. The quantitative estimate of drug-likeness (QED) is 0.689. The van der Waals surface area contributed by atoms with E-state index >= 15 is 0 Å². The average Bonchev–Trinajstić information content (AvgIpc) is 3.27. The molecule has 2 amide bonds. The Bertz CT molecular complexity index is 924. The first-order valence-electron chi connectivity index (χ1n) is 7.48. The van der Waals surface area contributed by atoms with Crippen LogP contribution in [0.3, 0.4) is 0 Å². The van der Waals surface area contributed by atoms with Crippen LogP contribution in [0.25, 0.3) is 0 Å². The van der Waals surface area contributed by atoms with Crippen molar-refractivity contribution in [3.63, 3.8) is 0 Å². The molecule has 0 fully saturated rings. The summed E-state index contributed by atoms with van der Waals surface area (Å²) in [5.74, 6) is -1.08. The van der Waals surface area contributed by atoms with E-state index in [1.807, 2.05) is 0 Å². The summed E-state index contributed by atoms with van der Waals surface area (Å²) in [4.78, 5) is 28.1. The van der Waals surface area contributed by atoms with Gasteiger partial charge in [-0.3, -0.25) is 14.9 Å². The van der Waals surface area contributed by atoms with Crippen LogP contribution in [0.15, 0.2) is 46.4 Å². The molecule has 26 heavy (non-hydrogen) atoms. The van der Waals surface area contributed by atoms with Crippen molar-refractivity contribution in [3.05, 3.63) is 59.2 Å².